The van der Waals surface area contributed by atoms with Crippen molar-refractivity contribution >= 4 is 28.2 Å². The summed E-state index contributed by atoms with van der Waals surface area (Å²) in [6.45, 7) is 1.70. The fourth-order valence-corrected chi connectivity index (χ4v) is 2.28. The molecule has 0 aliphatic rings. The van der Waals surface area contributed by atoms with Crippen LogP contribution in [0.4, 0.5) is 9.39 Å². The summed E-state index contributed by atoms with van der Waals surface area (Å²) < 4.78 is 13.1. The molecule has 2 N–H and O–H groups in total. The fraction of sp³-hybridized carbons (Fsp3) is 0.0769. The second-order valence-corrected chi connectivity index (χ2v) is 4.97. The van der Waals surface area contributed by atoms with Crippen molar-refractivity contribution < 1.29 is 19.1 Å². The Bertz CT molecular complexity index is 651. The molecule has 98 valence electrons. The summed E-state index contributed by atoms with van der Waals surface area (Å²) in [5, 5.41) is 11.7. The average molecular weight is 279 g/mol. The molecule has 4 nitrogen and oxygen atoms in total. The van der Waals surface area contributed by atoms with Gasteiger partial charge in [0.05, 0.1) is 5.00 Å². The van der Waals surface area contributed by atoms with Crippen molar-refractivity contribution in [2.45, 2.75) is 6.92 Å². The molecule has 0 fully saturated rings. The molecule has 1 amide bonds. The molecule has 0 atom stereocenters. The van der Waals surface area contributed by atoms with E-state index in [1.807, 2.05) is 0 Å². The summed E-state index contributed by atoms with van der Waals surface area (Å²) in [4.78, 5) is 22.8. The molecule has 1 aromatic heterocycles. The Hall–Kier alpha value is -2.21. The van der Waals surface area contributed by atoms with Crippen LogP contribution in [-0.4, -0.2) is 17.0 Å². The number of carboxylic acid groups (broad SMARTS) is 1. The molecule has 2 rings (SSSR count). The van der Waals surface area contributed by atoms with Crippen molar-refractivity contribution in [2.75, 3.05) is 5.32 Å². The molecule has 0 unspecified atom stereocenters. The van der Waals surface area contributed by atoms with Crippen LogP contribution < -0.4 is 5.32 Å². The highest BCUT2D eigenvalue weighted by molar-refractivity contribution is 7.18. The summed E-state index contributed by atoms with van der Waals surface area (Å²) in [6, 6.07) is 6.85. The number of nitrogens with one attached hydrogen (secondary N) is 1. The number of benzene rings is 1. The summed E-state index contributed by atoms with van der Waals surface area (Å²) >= 11 is 0.949. The number of hydrogen-bond acceptors (Lipinski definition) is 3. The molecule has 1 heterocycles. The summed E-state index contributed by atoms with van der Waals surface area (Å²) in [5.74, 6) is -2.00. The lowest BCUT2D eigenvalue weighted by Gasteiger charge is -2.05. The fourth-order valence-electron chi connectivity index (χ4n) is 1.54. The number of carbonyl (C=O) groups excluding carboxylic acids is 1. The van der Waals surface area contributed by atoms with Gasteiger partial charge in [0, 0.05) is 5.56 Å². The highest BCUT2D eigenvalue weighted by atomic mass is 32.1. The highest BCUT2D eigenvalue weighted by Crippen LogP contribution is 2.23. The quantitative estimate of drug-likeness (QED) is 0.907. The van der Waals surface area contributed by atoms with Gasteiger partial charge in [-0.3, -0.25) is 4.79 Å². The zero-order valence-electron chi connectivity index (χ0n) is 9.94. The Morgan fingerprint density at radius 2 is 2.00 bits per heavy atom. The standard InChI is InChI=1S/C13H10FNO3S/c1-7-2-3-8(14)6-9(7)12(16)15-11-5-4-10(19-11)13(17)18/h2-6H,1H3,(H,15,16)(H,17,18). The largest absolute Gasteiger partial charge is 0.477 e. The number of hydrogen-bond donors (Lipinski definition) is 2. The summed E-state index contributed by atoms with van der Waals surface area (Å²) in [7, 11) is 0. The van der Waals surface area contributed by atoms with Crippen molar-refractivity contribution in [1.82, 2.24) is 0 Å². The molecule has 0 saturated heterocycles. The SMILES string of the molecule is Cc1ccc(F)cc1C(=O)Nc1ccc(C(=O)O)s1. The topological polar surface area (TPSA) is 66.4 Å². The second kappa shape index (κ2) is 5.19. The van der Waals surface area contributed by atoms with Crippen molar-refractivity contribution in [1.29, 1.82) is 0 Å². The van der Waals surface area contributed by atoms with Gasteiger partial charge in [0.1, 0.15) is 10.7 Å². The Morgan fingerprint density at radius 3 is 2.63 bits per heavy atom. The normalized spacial score (nSPS) is 10.2. The monoisotopic (exact) mass is 279 g/mol. The van der Waals surface area contributed by atoms with Crippen molar-refractivity contribution in [3.8, 4) is 0 Å². The molecular formula is C13H10FNO3S. The van der Waals surface area contributed by atoms with Crippen LogP contribution in [0.25, 0.3) is 0 Å². The molecule has 0 aliphatic carbocycles. The molecule has 0 radical (unpaired) electrons. The van der Waals surface area contributed by atoms with E-state index in [-0.39, 0.29) is 10.4 Å². The van der Waals surface area contributed by atoms with Crippen LogP contribution in [0, 0.1) is 12.7 Å². The molecule has 0 saturated carbocycles. The molecule has 0 aliphatic heterocycles. The first kappa shape index (κ1) is 13.2. The van der Waals surface area contributed by atoms with Crippen LogP contribution in [0.5, 0.6) is 0 Å². The average Bonchev–Trinajstić information content (AvgIpc) is 2.80. The zero-order valence-corrected chi connectivity index (χ0v) is 10.8. The third-order valence-corrected chi connectivity index (χ3v) is 3.49. The molecule has 2 aromatic rings. The van der Waals surface area contributed by atoms with Gasteiger partial charge < -0.3 is 10.4 Å². The predicted molar refractivity (Wildman–Crippen MR) is 70.4 cm³/mol. The highest BCUT2D eigenvalue weighted by Gasteiger charge is 2.13. The van der Waals surface area contributed by atoms with Crippen LogP contribution in [0.15, 0.2) is 30.3 Å². The maximum atomic E-state index is 13.1. The lowest BCUT2D eigenvalue weighted by Crippen LogP contribution is -2.12. The van der Waals surface area contributed by atoms with Crippen molar-refractivity contribution in [3.63, 3.8) is 0 Å². The number of amides is 1. The van der Waals surface area contributed by atoms with E-state index >= 15 is 0 Å². The number of halogens is 1. The molecule has 0 bridgehead atoms. The first-order valence-electron chi connectivity index (χ1n) is 5.38. The van der Waals surface area contributed by atoms with E-state index in [0.29, 0.717) is 10.6 Å². The first-order valence-corrected chi connectivity index (χ1v) is 6.19. The van der Waals surface area contributed by atoms with Crippen LogP contribution in [0.1, 0.15) is 25.6 Å². The number of carboxylic acids is 1. The molecule has 19 heavy (non-hydrogen) atoms. The van der Waals surface area contributed by atoms with E-state index in [1.165, 1.54) is 24.3 Å². The Labute approximate surface area is 112 Å². The summed E-state index contributed by atoms with van der Waals surface area (Å²) in [6.07, 6.45) is 0. The van der Waals surface area contributed by atoms with Crippen LogP contribution in [-0.2, 0) is 0 Å². The van der Waals surface area contributed by atoms with Gasteiger partial charge in [-0.05, 0) is 36.8 Å². The minimum atomic E-state index is -1.05. The van der Waals surface area contributed by atoms with Gasteiger partial charge in [0.2, 0.25) is 0 Å². The van der Waals surface area contributed by atoms with Gasteiger partial charge >= 0.3 is 5.97 Å². The lowest BCUT2D eigenvalue weighted by molar-refractivity contribution is 0.0702. The van der Waals surface area contributed by atoms with E-state index < -0.39 is 17.7 Å². The number of thiophene rings is 1. The number of carbonyl (C=O) groups is 2. The van der Waals surface area contributed by atoms with Crippen molar-refractivity contribution in [2.24, 2.45) is 0 Å². The van der Waals surface area contributed by atoms with E-state index in [2.05, 4.69) is 5.32 Å². The van der Waals surface area contributed by atoms with Gasteiger partial charge in [-0.25, -0.2) is 9.18 Å². The number of aromatic carboxylic acids is 1. The Balaban J connectivity index is 2.20. The zero-order chi connectivity index (χ0) is 14.0. The van der Waals surface area contributed by atoms with Gasteiger partial charge in [-0.15, -0.1) is 11.3 Å². The third kappa shape index (κ3) is 2.97. The van der Waals surface area contributed by atoms with Gasteiger partial charge in [-0.1, -0.05) is 6.07 Å². The third-order valence-electron chi connectivity index (χ3n) is 2.50. The minimum absolute atomic E-state index is 0.131. The molecule has 0 spiro atoms. The second-order valence-electron chi connectivity index (χ2n) is 3.88. The maximum absolute atomic E-state index is 13.1. The Kier molecular flexibility index (Phi) is 3.62. The predicted octanol–water partition coefficient (Wildman–Crippen LogP) is 3.15. The first-order chi connectivity index (χ1) is 8.97. The number of anilines is 1. The lowest BCUT2D eigenvalue weighted by atomic mass is 10.1. The van der Waals surface area contributed by atoms with Gasteiger partial charge in [-0.2, -0.15) is 0 Å². The van der Waals surface area contributed by atoms with E-state index in [9.17, 15) is 14.0 Å². The van der Waals surface area contributed by atoms with Gasteiger partial charge in [0.15, 0.2) is 0 Å². The van der Waals surface area contributed by atoms with Crippen molar-refractivity contribution in [3.05, 3.63) is 52.2 Å². The van der Waals surface area contributed by atoms with Crippen LogP contribution in [0.3, 0.4) is 0 Å². The molecule has 1 aromatic carbocycles. The van der Waals surface area contributed by atoms with E-state index in [4.69, 9.17) is 5.11 Å². The molecule has 6 heteroatoms. The van der Waals surface area contributed by atoms with E-state index in [1.54, 1.807) is 6.92 Å². The number of aryl methyl sites for hydroxylation is 1. The maximum Gasteiger partial charge on any atom is 0.345 e. The smallest absolute Gasteiger partial charge is 0.345 e. The van der Waals surface area contributed by atoms with Crippen LogP contribution in [0.2, 0.25) is 0 Å². The van der Waals surface area contributed by atoms with Crippen LogP contribution >= 0.6 is 11.3 Å². The van der Waals surface area contributed by atoms with E-state index in [0.717, 1.165) is 17.4 Å². The van der Waals surface area contributed by atoms with Gasteiger partial charge in [0.25, 0.3) is 5.91 Å². The minimum Gasteiger partial charge on any atom is -0.477 e. The summed E-state index contributed by atoms with van der Waals surface area (Å²) in [5.41, 5.74) is 0.874. The molecular weight excluding hydrogens is 269 g/mol. The number of rotatable bonds is 3. The Morgan fingerprint density at radius 1 is 1.26 bits per heavy atom.